The van der Waals surface area contributed by atoms with Gasteiger partial charge in [0.15, 0.2) is 0 Å². The van der Waals surface area contributed by atoms with Crippen molar-refractivity contribution in [3.8, 4) is 0 Å². The Morgan fingerprint density at radius 2 is 2.60 bits per heavy atom. The molecule has 0 fully saturated rings. The van der Waals surface area contributed by atoms with Crippen molar-refractivity contribution in [2.75, 3.05) is 0 Å². The molecule has 0 aromatic carbocycles. The highest BCUT2D eigenvalue weighted by Gasteiger charge is 2.03. The van der Waals surface area contributed by atoms with Crippen molar-refractivity contribution in [3.63, 3.8) is 0 Å². The Morgan fingerprint density at radius 1 is 1.80 bits per heavy atom. The van der Waals surface area contributed by atoms with Gasteiger partial charge in [-0.15, -0.1) is 0 Å². The molecule has 0 bridgehead atoms. The molecule has 0 saturated carbocycles. The summed E-state index contributed by atoms with van der Waals surface area (Å²) in [6, 6.07) is 0. The standard InChI is InChI=1S/C6H7NO3/c8-6(9)4-5-2-1-3-10-7-5/h1-3,7H,4H2,(H,8,9). The highest BCUT2D eigenvalue weighted by Crippen LogP contribution is 2.01. The zero-order valence-corrected chi connectivity index (χ0v) is 5.20. The second kappa shape index (κ2) is 2.91. The van der Waals surface area contributed by atoms with Crippen LogP contribution in [0.3, 0.4) is 0 Å². The molecule has 4 nitrogen and oxygen atoms in total. The third kappa shape index (κ3) is 1.81. The molecule has 1 aliphatic rings. The summed E-state index contributed by atoms with van der Waals surface area (Å²) >= 11 is 0. The molecule has 0 spiro atoms. The van der Waals surface area contributed by atoms with Crippen LogP contribution in [-0.4, -0.2) is 11.1 Å². The van der Waals surface area contributed by atoms with E-state index in [1.54, 1.807) is 12.2 Å². The van der Waals surface area contributed by atoms with Gasteiger partial charge in [-0.1, -0.05) is 0 Å². The predicted octanol–water partition coefficient (Wildman–Crippen LogP) is 0.394. The van der Waals surface area contributed by atoms with Gasteiger partial charge in [0.05, 0.1) is 12.1 Å². The van der Waals surface area contributed by atoms with Gasteiger partial charge in [-0.25, -0.2) is 5.48 Å². The van der Waals surface area contributed by atoms with Crippen molar-refractivity contribution in [1.29, 1.82) is 0 Å². The van der Waals surface area contributed by atoms with E-state index in [9.17, 15) is 4.79 Å². The fourth-order valence-electron chi connectivity index (χ4n) is 0.596. The van der Waals surface area contributed by atoms with Gasteiger partial charge in [-0.05, 0) is 12.2 Å². The summed E-state index contributed by atoms with van der Waals surface area (Å²) in [5.41, 5.74) is 2.99. The van der Waals surface area contributed by atoms with Crippen molar-refractivity contribution >= 4 is 5.97 Å². The quantitative estimate of drug-likeness (QED) is 0.584. The van der Waals surface area contributed by atoms with Gasteiger partial charge in [-0.3, -0.25) is 4.79 Å². The molecule has 1 rings (SSSR count). The second-order valence-corrected chi connectivity index (χ2v) is 1.81. The third-order valence-corrected chi connectivity index (χ3v) is 0.976. The van der Waals surface area contributed by atoms with Crippen molar-refractivity contribution < 1.29 is 14.7 Å². The molecule has 0 unspecified atom stereocenters. The largest absolute Gasteiger partial charge is 0.481 e. The Hall–Kier alpha value is -1.45. The van der Waals surface area contributed by atoms with Gasteiger partial charge in [0.2, 0.25) is 0 Å². The summed E-state index contributed by atoms with van der Waals surface area (Å²) in [5.74, 6) is -0.877. The molecule has 0 amide bonds. The number of carboxylic acid groups (broad SMARTS) is 1. The summed E-state index contributed by atoms with van der Waals surface area (Å²) in [7, 11) is 0. The lowest BCUT2D eigenvalue weighted by molar-refractivity contribution is -0.136. The van der Waals surface area contributed by atoms with Crippen LogP contribution in [0.25, 0.3) is 0 Å². The van der Waals surface area contributed by atoms with Crippen LogP contribution in [0.15, 0.2) is 24.1 Å². The molecular weight excluding hydrogens is 134 g/mol. The van der Waals surface area contributed by atoms with Gasteiger partial charge in [0.25, 0.3) is 0 Å². The van der Waals surface area contributed by atoms with E-state index in [1.165, 1.54) is 6.26 Å². The molecule has 0 aromatic heterocycles. The highest BCUT2D eigenvalue weighted by atomic mass is 16.6. The predicted molar refractivity (Wildman–Crippen MR) is 33.7 cm³/mol. The minimum Gasteiger partial charge on any atom is -0.481 e. The topological polar surface area (TPSA) is 58.6 Å². The van der Waals surface area contributed by atoms with Crippen LogP contribution in [0, 0.1) is 0 Å². The fourth-order valence-corrected chi connectivity index (χ4v) is 0.596. The molecule has 54 valence electrons. The van der Waals surface area contributed by atoms with Crippen LogP contribution in [0.1, 0.15) is 6.42 Å². The Morgan fingerprint density at radius 3 is 3.10 bits per heavy atom. The lowest BCUT2D eigenvalue weighted by atomic mass is 10.3. The smallest absolute Gasteiger partial charge is 0.309 e. The number of aliphatic carboxylic acids is 1. The summed E-state index contributed by atoms with van der Waals surface area (Å²) in [6.45, 7) is 0. The fraction of sp³-hybridized carbons (Fsp3) is 0.167. The van der Waals surface area contributed by atoms with E-state index >= 15 is 0 Å². The van der Waals surface area contributed by atoms with Crippen LogP contribution in [0.2, 0.25) is 0 Å². The average molecular weight is 141 g/mol. The lowest BCUT2D eigenvalue weighted by Crippen LogP contribution is -2.15. The first-order chi connectivity index (χ1) is 4.79. The maximum atomic E-state index is 10.1. The van der Waals surface area contributed by atoms with Gasteiger partial charge < -0.3 is 9.94 Å². The molecular formula is C6H7NO3. The van der Waals surface area contributed by atoms with Gasteiger partial charge in [0, 0.05) is 0 Å². The molecule has 1 aliphatic heterocycles. The van der Waals surface area contributed by atoms with Crippen molar-refractivity contribution in [1.82, 2.24) is 5.48 Å². The number of carbonyl (C=O) groups is 1. The molecule has 1 heterocycles. The number of allylic oxidation sites excluding steroid dienone is 2. The maximum Gasteiger partial charge on any atom is 0.309 e. The summed E-state index contributed by atoms with van der Waals surface area (Å²) in [4.78, 5) is 14.7. The van der Waals surface area contributed by atoms with Crippen LogP contribution in [0.5, 0.6) is 0 Å². The Labute approximate surface area is 57.8 Å². The van der Waals surface area contributed by atoms with Crippen LogP contribution in [-0.2, 0) is 9.63 Å². The number of rotatable bonds is 2. The van der Waals surface area contributed by atoms with Crippen molar-refractivity contribution in [2.24, 2.45) is 0 Å². The van der Waals surface area contributed by atoms with Crippen molar-refractivity contribution in [2.45, 2.75) is 6.42 Å². The maximum absolute atomic E-state index is 10.1. The monoisotopic (exact) mass is 141 g/mol. The number of hydrogen-bond donors (Lipinski definition) is 2. The molecule has 10 heavy (non-hydrogen) atoms. The van der Waals surface area contributed by atoms with Gasteiger partial charge in [-0.2, -0.15) is 0 Å². The zero-order chi connectivity index (χ0) is 7.40. The minimum absolute atomic E-state index is 0.0374. The number of carboxylic acids is 1. The lowest BCUT2D eigenvalue weighted by Gasteiger charge is -2.08. The molecule has 2 N–H and O–H groups in total. The SMILES string of the molecule is O=C(O)CC1=CC=CON1. The average Bonchev–Trinajstić information content (AvgIpc) is 1.88. The molecule has 0 saturated heterocycles. The first kappa shape index (κ1) is 6.67. The zero-order valence-electron chi connectivity index (χ0n) is 5.20. The summed E-state index contributed by atoms with van der Waals surface area (Å²) < 4.78 is 0. The normalized spacial score (nSPS) is 15.0. The second-order valence-electron chi connectivity index (χ2n) is 1.81. The molecule has 0 radical (unpaired) electrons. The number of hydroxylamine groups is 1. The van der Waals surface area contributed by atoms with E-state index in [0.717, 1.165) is 0 Å². The summed E-state index contributed by atoms with van der Waals surface area (Å²) in [6.07, 6.45) is 4.68. The highest BCUT2D eigenvalue weighted by molar-refractivity contribution is 5.69. The van der Waals surface area contributed by atoms with E-state index in [0.29, 0.717) is 5.70 Å². The Bertz CT molecular complexity index is 195. The van der Waals surface area contributed by atoms with Crippen LogP contribution >= 0.6 is 0 Å². The Kier molecular flexibility index (Phi) is 1.94. The van der Waals surface area contributed by atoms with Crippen LogP contribution in [0.4, 0.5) is 0 Å². The molecule has 0 aromatic rings. The summed E-state index contributed by atoms with van der Waals surface area (Å²) in [5, 5.41) is 8.31. The first-order valence-corrected chi connectivity index (χ1v) is 2.78. The molecule has 4 heteroatoms. The van der Waals surface area contributed by atoms with E-state index in [2.05, 4.69) is 10.3 Å². The molecule has 0 atom stereocenters. The van der Waals surface area contributed by atoms with Gasteiger partial charge in [0.1, 0.15) is 6.26 Å². The number of hydrogen-bond acceptors (Lipinski definition) is 3. The third-order valence-electron chi connectivity index (χ3n) is 0.976. The van der Waals surface area contributed by atoms with E-state index in [-0.39, 0.29) is 6.42 Å². The van der Waals surface area contributed by atoms with E-state index in [1.807, 2.05) is 0 Å². The minimum atomic E-state index is -0.877. The van der Waals surface area contributed by atoms with Gasteiger partial charge >= 0.3 is 5.97 Å². The number of nitrogens with one attached hydrogen (secondary N) is 1. The Balaban J connectivity index is 2.47. The molecule has 0 aliphatic carbocycles. The van der Waals surface area contributed by atoms with E-state index < -0.39 is 5.97 Å². The van der Waals surface area contributed by atoms with Crippen molar-refractivity contribution in [3.05, 3.63) is 24.1 Å². The van der Waals surface area contributed by atoms with Crippen LogP contribution < -0.4 is 5.48 Å². The van der Waals surface area contributed by atoms with E-state index in [4.69, 9.17) is 5.11 Å². The first-order valence-electron chi connectivity index (χ1n) is 2.78.